The van der Waals surface area contributed by atoms with Crippen molar-refractivity contribution in [2.45, 2.75) is 97.8 Å². The second kappa shape index (κ2) is 11.3. The monoisotopic (exact) mass is 497 g/mol. The molecule has 1 unspecified atom stereocenters. The van der Waals surface area contributed by atoms with Crippen LogP contribution >= 0.6 is 0 Å². The molecule has 1 N–H and O–H groups in total. The highest BCUT2D eigenvalue weighted by Gasteiger charge is 2.47. The molecule has 1 atom stereocenters. The zero-order valence-corrected chi connectivity index (χ0v) is 23.1. The Labute approximate surface area is 206 Å². The van der Waals surface area contributed by atoms with Gasteiger partial charge in [-0.15, -0.1) is 0 Å². The average molecular weight is 498 g/mol. The van der Waals surface area contributed by atoms with Crippen molar-refractivity contribution in [3.63, 3.8) is 0 Å². The molecule has 1 rings (SSSR count). The topological polar surface area (TPSA) is 98.8 Å². The summed E-state index contributed by atoms with van der Waals surface area (Å²) in [7, 11) is -2.67. The van der Waals surface area contributed by atoms with E-state index < -0.39 is 32.3 Å². The van der Waals surface area contributed by atoms with Crippen LogP contribution in [-0.4, -0.2) is 49.7 Å². The van der Waals surface area contributed by atoms with Crippen molar-refractivity contribution in [1.82, 2.24) is 5.32 Å². The summed E-state index contributed by atoms with van der Waals surface area (Å²) in [5.74, 6) is -0.787. The number of hydrogen-bond donors (Lipinski definition) is 1. The first-order valence-electron chi connectivity index (χ1n) is 11.8. The number of nitrogens with one attached hydrogen (secondary N) is 1. The second-order valence-corrected chi connectivity index (χ2v) is 13.0. The maximum Gasteiger partial charge on any atom is 0.269 e. The van der Waals surface area contributed by atoms with Crippen molar-refractivity contribution < 1.29 is 26.9 Å². The largest absolute Gasteiger partial charge is 0.361 e. The van der Waals surface area contributed by atoms with Crippen LogP contribution in [0.1, 0.15) is 80.2 Å². The van der Waals surface area contributed by atoms with Gasteiger partial charge in [0, 0.05) is 18.3 Å². The summed E-state index contributed by atoms with van der Waals surface area (Å²) >= 11 is 0. The van der Waals surface area contributed by atoms with E-state index in [1.807, 2.05) is 71.9 Å². The fraction of sp³-hybridized carbons (Fsp3) is 0.692. The molecule has 0 aliphatic rings. The van der Waals surface area contributed by atoms with Crippen LogP contribution < -0.4 is 5.32 Å². The lowest BCUT2D eigenvalue weighted by Gasteiger charge is -2.43. The van der Waals surface area contributed by atoms with Gasteiger partial charge < -0.3 is 10.1 Å². The SMILES string of the molecule is CCC(C)(C)OC(CCC(=O)NC(C)(C)CS(=O)(=O)OC)(Cc1ccccc1)C(=O)C(C)(C)C. The fourth-order valence-corrected chi connectivity index (χ4v) is 4.99. The van der Waals surface area contributed by atoms with Gasteiger partial charge >= 0.3 is 0 Å². The lowest BCUT2D eigenvalue weighted by molar-refractivity contribution is -0.179. The van der Waals surface area contributed by atoms with Crippen molar-refractivity contribution in [2.75, 3.05) is 12.9 Å². The number of benzene rings is 1. The zero-order valence-electron chi connectivity index (χ0n) is 22.3. The highest BCUT2D eigenvalue weighted by atomic mass is 32.2. The normalized spacial score (nSPS) is 15.0. The predicted molar refractivity (Wildman–Crippen MR) is 135 cm³/mol. The van der Waals surface area contributed by atoms with Gasteiger partial charge in [-0.25, -0.2) is 0 Å². The highest BCUT2D eigenvalue weighted by molar-refractivity contribution is 7.86. The summed E-state index contributed by atoms with van der Waals surface area (Å²) in [6.07, 6.45) is 1.20. The minimum absolute atomic E-state index is 0.00487. The predicted octanol–water partition coefficient (Wildman–Crippen LogP) is 4.44. The van der Waals surface area contributed by atoms with Crippen LogP contribution in [0.2, 0.25) is 0 Å². The second-order valence-electron chi connectivity index (χ2n) is 11.3. The van der Waals surface area contributed by atoms with E-state index in [1.54, 1.807) is 13.8 Å². The van der Waals surface area contributed by atoms with Gasteiger partial charge in [-0.05, 0) is 46.1 Å². The van der Waals surface area contributed by atoms with Gasteiger partial charge in [-0.3, -0.25) is 13.8 Å². The van der Waals surface area contributed by atoms with Gasteiger partial charge in [-0.2, -0.15) is 8.42 Å². The molecule has 1 amide bonds. The third kappa shape index (κ3) is 9.47. The summed E-state index contributed by atoms with van der Waals surface area (Å²) in [5, 5.41) is 2.77. The van der Waals surface area contributed by atoms with Crippen LogP contribution in [0.3, 0.4) is 0 Å². The quantitative estimate of drug-likeness (QED) is 0.405. The summed E-state index contributed by atoms with van der Waals surface area (Å²) < 4.78 is 34.9. The van der Waals surface area contributed by atoms with E-state index in [0.717, 1.165) is 12.7 Å². The standard InChI is InChI=1S/C26H43NO6S/c1-10-25(7,8)33-26(22(29)23(2,3)4,18-20-14-12-11-13-15-20)17-16-21(28)27-24(5,6)19-34(30,31)32-9/h11-15H,10,16-19H2,1-9H3,(H,27,28). The van der Waals surface area contributed by atoms with E-state index in [9.17, 15) is 18.0 Å². The third-order valence-corrected chi connectivity index (χ3v) is 7.36. The van der Waals surface area contributed by atoms with Gasteiger partial charge in [0.15, 0.2) is 5.78 Å². The summed E-state index contributed by atoms with van der Waals surface area (Å²) in [5.41, 5.74) is -2.59. The molecule has 1 aromatic rings. The molecule has 1 aromatic carbocycles. The van der Waals surface area contributed by atoms with Crippen LogP contribution in [0.4, 0.5) is 0 Å². The van der Waals surface area contributed by atoms with Gasteiger partial charge in [0.1, 0.15) is 5.60 Å². The lowest BCUT2D eigenvalue weighted by atomic mass is 9.74. The van der Waals surface area contributed by atoms with E-state index in [-0.39, 0.29) is 30.3 Å². The van der Waals surface area contributed by atoms with E-state index >= 15 is 0 Å². The van der Waals surface area contributed by atoms with Gasteiger partial charge in [0.2, 0.25) is 5.91 Å². The number of amides is 1. The molecule has 0 aromatic heterocycles. The van der Waals surface area contributed by atoms with Crippen LogP contribution in [0.25, 0.3) is 0 Å². The molecule has 0 saturated carbocycles. The molecule has 0 radical (unpaired) electrons. The lowest BCUT2D eigenvalue weighted by Crippen LogP contribution is -2.54. The Kier molecular flexibility index (Phi) is 10.1. The van der Waals surface area contributed by atoms with Crippen molar-refractivity contribution in [1.29, 1.82) is 0 Å². The first-order valence-corrected chi connectivity index (χ1v) is 13.3. The smallest absolute Gasteiger partial charge is 0.269 e. The maximum absolute atomic E-state index is 13.9. The first kappa shape index (κ1) is 30.3. The molecule has 0 saturated heterocycles. The number of ether oxygens (including phenoxy) is 1. The Morgan fingerprint density at radius 1 is 0.971 bits per heavy atom. The van der Waals surface area contributed by atoms with Gasteiger partial charge in [0.25, 0.3) is 10.1 Å². The third-order valence-electron chi connectivity index (χ3n) is 5.78. The molecule has 7 nitrogen and oxygen atoms in total. The van der Waals surface area contributed by atoms with Crippen molar-refractivity contribution in [2.24, 2.45) is 5.41 Å². The summed E-state index contributed by atoms with van der Waals surface area (Å²) in [6, 6.07) is 9.64. The number of carbonyl (C=O) groups excluding carboxylic acids is 2. The molecule has 194 valence electrons. The maximum atomic E-state index is 13.9. The van der Waals surface area contributed by atoms with Crippen LogP contribution in [0.15, 0.2) is 30.3 Å². The Hall–Kier alpha value is -1.77. The zero-order chi connectivity index (χ0) is 26.4. The summed E-state index contributed by atoms with van der Waals surface area (Å²) in [4.78, 5) is 26.8. The van der Waals surface area contributed by atoms with Gasteiger partial charge in [-0.1, -0.05) is 58.0 Å². The van der Waals surface area contributed by atoms with E-state index in [1.165, 1.54) is 0 Å². The minimum atomic E-state index is -3.76. The molecule has 0 aliphatic heterocycles. The minimum Gasteiger partial charge on any atom is -0.361 e. The number of carbonyl (C=O) groups is 2. The molecule has 8 heteroatoms. The average Bonchev–Trinajstić information content (AvgIpc) is 2.70. The number of ketones is 1. The molecule has 0 fully saturated rings. The molecule has 0 bridgehead atoms. The van der Waals surface area contributed by atoms with Crippen LogP contribution in [0.5, 0.6) is 0 Å². The molecule has 0 heterocycles. The molecule has 0 spiro atoms. The highest BCUT2D eigenvalue weighted by Crippen LogP contribution is 2.37. The van der Waals surface area contributed by atoms with Crippen LogP contribution in [0, 0.1) is 5.41 Å². The first-order chi connectivity index (χ1) is 15.4. The molecular formula is C26H43NO6S. The molecular weight excluding hydrogens is 454 g/mol. The Morgan fingerprint density at radius 2 is 1.53 bits per heavy atom. The van der Waals surface area contributed by atoms with E-state index in [2.05, 4.69) is 9.50 Å². The van der Waals surface area contributed by atoms with Gasteiger partial charge in [0.05, 0.1) is 24.0 Å². The molecule has 34 heavy (non-hydrogen) atoms. The Bertz CT molecular complexity index is 932. The number of hydrogen-bond acceptors (Lipinski definition) is 6. The van der Waals surface area contributed by atoms with Crippen molar-refractivity contribution in [3.05, 3.63) is 35.9 Å². The van der Waals surface area contributed by atoms with E-state index in [4.69, 9.17) is 4.74 Å². The Balaban J connectivity index is 3.30. The number of rotatable bonds is 13. The van der Waals surface area contributed by atoms with Crippen LogP contribution in [-0.2, 0) is 35.0 Å². The fourth-order valence-electron chi connectivity index (χ4n) is 3.92. The van der Waals surface area contributed by atoms with Crippen molar-refractivity contribution >= 4 is 21.8 Å². The summed E-state index contributed by atoms with van der Waals surface area (Å²) in [6.45, 7) is 14.7. The van der Waals surface area contributed by atoms with Crippen molar-refractivity contribution in [3.8, 4) is 0 Å². The Morgan fingerprint density at radius 3 is 2.00 bits per heavy atom. The van der Waals surface area contributed by atoms with E-state index in [0.29, 0.717) is 12.8 Å². The molecule has 0 aliphatic carbocycles. The number of Topliss-reactive ketones (excluding diaryl/α,β-unsaturated/α-hetero) is 1.